The molecule has 1 aromatic carbocycles. The fourth-order valence-electron chi connectivity index (χ4n) is 3.12. The number of carbonyl (C=O) groups is 1. The summed E-state index contributed by atoms with van der Waals surface area (Å²) in [5, 5.41) is 4.66. The summed E-state index contributed by atoms with van der Waals surface area (Å²) in [5.41, 5.74) is 3.70. The molecule has 0 aliphatic rings. The molecule has 4 rings (SSSR count). The highest BCUT2D eigenvalue weighted by molar-refractivity contribution is 6.05. The second kappa shape index (κ2) is 5.41. The molecule has 3 heterocycles. The summed E-state index contributed by atoms with van der Waals surface area (Å²) in [4.78, 5) is 24.9. The van der Waals surface area contributed by atoms with Crippen LogP contribution < -0.4 is 5.43 Å². The lowest BCUT2D eigenvalue weighted by molar-refractivity contribution is 0.101. The minimum atomic E-state index is -0.130. The number of pyridine rings is 1. The van der Waals surface area contributed by atoms with Crippen LogP contribution in [0.5, 0.6) is 0 Å². The van der Waals surface area contributed by atoms with E-state index in [0.29, 0.717) is 27.9 Å². The van der Waals surface area contributed by atoms with Crippen LogP contribution in [0.25, 0.3) is 27.8 Å². The zero-order chi connectivity index (χ0) is 17.7. The van der Waals surface area contributed by atoms with E-state index in [0.717, 1.165) is 16.6 Å². The molecule has 0 atom stereocenters. The summed E-state index contributed by atoms with van der Waals surface area (Å²) < 4.78 is 7.79. The minimum Gasteiger partial charge on any atom is -0.455 e. The third-order valence-corrected chi connectivity index (χ3v) is 4.40. The van der Waals surface area contributed by atoms with Crippen molar-refractivity contribution in [3.8, 4) is 11.3 Å². The van der Waals surface area contributed by atoms with Gasteiger partial charge in [-0.1, -0.05) is 0 Å². The van der Waals surface area contributed by atoms with Crippen LogP contribution >= 0.6 is 0 Å². The van der Waals surface area contributed by atoms with Crippen LogP contribution in [-0.4, -0.2) is 15.4 Å². The number of aromatic nitrogens is 2. The van der Waals surface area contributed by atoms with Gasteiger partial charge in [-0.15, -0.1) is 0 Å². The first kappa shape index (κ1) is 15.3. The molecule has 5 nitrogen and oxygen atoms in total. The molecule has 0 saturated carbocycles. The fourth-order valence-corrected chi connectivity index (χ4v) is 3.12. The molecule has 0 amide bonds. The van der Waals surface area contributed by atoms with Crippen molar-refractivity contribution in [2.24, 2.45) is 0 Å². The van der Waals surface area contributed by atoms with E-state index < -0.39 is 0 Å². The predicted octanol–water partition coefficient (Wildman–Crippen LogP) is 3.93. The number of hydrogen-bond acceptors (Lipinski definition) is 4. The zero-order valence-corrected chi connectivity index (χ0v) is 14.2. The maximum Gasteiger partial charge on any atom is 0.196 e. The zero-order valence-electron chi connectivity index (χ0n) is 14.2. The van der Waals surface area contributed by atoms with Gasteiger partial charge in [-0.05, 0) is 56.7 Å². The van der Waals surface area contributed by atoms with Crippen molar-refractivity contribution < 1.29 is 9.21 Å². The van der Waals surface area contributed by atoms with Gasteiger partial charge in [0.15, 0.2) is 11.2 Å². The number of aryl methyl sites for hydroxylation is 1. The van der Waals surface area contributed by atoms with Gasteiger partial charge in [0.1, 0.15) is 11.3 Å². The lowest BCUT2D eigenvalue weighted by Crippen LogP contribution is -2.10. The van der Waals surface area contributed by atoms with Crippen molar-refractivity contribution in [3.63, 3.8) is 0 Å². The molecule has 0 radical (unpaired) electrons. The normalized spacial score (nSPS) is 11.3. The van der Waals surface area contributed by atoms with E-state index in [1.54, 1.807) is 29.8 Å². The van der Waals surface area contributed by atoms with Gasteiger partial charge in [-0.2, -0.15) is 5.10 Å². The number of Topliss-reactive ketones (excluding diaryl/α,β-unsaturated/α-hetero) is 1. The smallest absolute Gasteiger partial charge is 0.196 e. The molecule has 5 heteroatoms. The van der Waals surface area contributed by atoms with E-state index in [2.05, 4.69) is 5.10 Å². The Bertz CT molecular complexity index is 1220. The van der Waals surface area contributed by atoms with Gasteiger partial charge in [0.25, 0.3) is 0 Å². The first-order valence-corrected chi connectivity index (χ1v) is 7.98. The summed E-state index contributed by atoms with van der Waals surface area (Å²) in [6.45, 7) is 5.08. The van der Waals surface area contributed by atoms with Crippen molar-refractivity contribution in [1.29, 1.82) is 0 Å². The average molecular weight is 332 g/mol. The highest BCUT2D eigenvalue weighted by Gasteiger charge is 2.18. The molecule has 0 fully saturated rings. The first-order chi connectivity index (χ1) is 12.0. The summed E-state index contributed by atoms with van der Waals surface area (Å²) in [6.07, 6.45) is 3.52. The Morgan fingerprint density at radius 1 is 1.16 bits per heavy atom. The quantitative estimate of drug-likeness (QED) is 0.522. The Morgan fingerprint density at radius 3 is 2.72 bits per heavy atom. The largest absolute Gasteiger partial charge is 0.455 e. The summed E-state index contributed by atoms with van der Waals surface area (Å²) in [5.74, 6) is 0.329. The lowest BCUT2D eigenvalue weighted by atomic mass is 10.0. The van der Waals surface area contributed by atoms with E-state index in [1.165, 1.54) is 6.92 Å². The molecule has 3 aromatic heterocycles. The van der Waals surface area contributed by atoms with Crippen LogP contribution in [0.15, 0.2) is 51.9 Å². The standard InChI is InChI=1S/C20H16N2O3/c1-11-8-16(13(3)23)20-17(9-11)18(24)12(2)19(25-20)14-4-5-15-6-7-21-22(15)10-14/h4-10H,1-3H3. The van der Waals surface area contributed by atoms with E-state index in [9.17, 15) is 9.59 Å². The first-order valence-electron chi connectivity index (χ1n) is 7.98. The molecular weight excluding hydrogens is 316 g/mol. The van der Waals surface area contributed by atoms with Crippen LogP contribution in [-0.2, 0) is 0 Å². The Morgan fingerprint density at radius 2 is 1.96 bits per heavy atom. The van der Waals surface area contributed by atoms with Crippen LogP contribution in [0, 0.1) is 13.8 Å². The van der Waals surface area contributed by atoms with Crippen molar-refractivity contribution in [2.45, 2.75) is 20.8 Å². The maximum absolute atomic E-state index is 12.9. The molecule has 0 bridgehead atoms. The Balaban J connectivity index is 2.09. The van der Waals surface area contributed by atoms with E-state index in [-0.39, 0.29) is 11.2 Å². The Labute approximate surface area is 143 Å². The molecule has 0 aliphatic carbocycles. The topological polar surface area (TPSA) is 64.6 Å². The van der Waals surface area contributed by atoms with E-state index >= 15 is 0 Å². The SMILES string of the molecule is CC(=O)c1cc(C)cc2c(=O)c(C)c(-c3ccc4ccnn4c3)oc12. The summed E-state index contributed by atoms with van der Waals surface area (Å²) in [7, 11) is 0. The third-order valence-electron chi connectivity index (χ3n) is 4.40. The second-order valence-electron chi connectivity index (χ2n) is 6.25. The Hall–Kier alpha value is -3.21. The van der Waals surface area contributed by atoms with Crippen LogP contribution in [0.1, 0.15) is 28.4 Å². The number of ketones is 1. The minimum absolute atomic E-state index is 0.122. The molecule has 0 N–H and O–H groups in total. The third kappa shape index (κ3) is 2.36. The molecule has 0 spiro atoms. The molecule has 4 aromatic rings. The van der Waals surface area contributed by atoms with Crippen molar-refractivity contribution >= 4 is 22.3 Å². The fraction of sp³-hybridized carbons (Fsp3) is 0.150. The number of benzene rings is 1. The van der Waals surface area contributed by atoms with Gasteiger partial charge in [0, 0.05) is 23.5 Å². The van der Waals surface area contributed by atoms with Crippen LogP contribution in [0.2, 0.25) is 0 Å². The van der Waals surface area contributed by atoms with Crippen molar-refractivity contribution in [2.75, 3.05) is 0 Å². The van der Waals surface area contributed by atoms with Crippen LogP contribution in [0.3, 0.4) is 0 Å². The van der Waals surface area contributed by atoms with Gasteiger partial charge in [-0.3, -0.25) is 9.59 Å². The van der Waals surface area contributed by atoms with Gasteiger partial charge < -0.3 is 4.42 Å². The Kier molecular flexibility index (Phi) is 3.32. The van der Waals surface area contributed by atoms with E-state index in [4.69, 9.17) is 4.42 Å². The number of carbonyl (C=O) groups excluding carboxylic acids is 1. The van der Waals surface area contributed by atoms with E-state index in [1.807, 2.05) is 31.3 Å². The maximum atomic E-state index is 12.9. The van der Waals surface area contributed by atoms with Crippen molar-refractivity contribution in [3.05, 3.63) is 69.6 Å². The number of fused-ring (bicyclic) bond motifs is 2. The molecule has 25 heavy (non-hydrogen) atoms. The molecule has 0 saturated heterocycles. The monoisotopic (exact) mass is 332 g/mol. The molecule has 0 aliphatic heterocycles. The summed E-state index contributed by atoms with van der Waals surface area (Å²) in [6, 6.07) is 9.21. The van der Waals surface area contributed by atoms with Crippen molar-refractivity contribution in [1.82, 2.24) is 9.61 Å². The van der Waals surface area contributed by atoms with Gasteiger partial charge in [0.05, 0.1) is 16.5 Å². The van der Waals surface area contributed by atoms with Gasteiger partial charge >= 0.3 is 0 Å². The highest BCUT2D eigenvalue weighted by atomic mass is 16.3. The molecule has 124 valence electrons. The van der Waals surface area contributed by atoms with Gasteiger partial charge in [-0.25, -0.2) is 4.52 Å². The highest BCUT2D eigenvalue weighted by Crippen LogP contribution is 2.28. The summed E-state index contributed by atoms with van der Waals surface area (Å²) >= 11 is 0. The number of hydrogen-bond donors (Lipinski definition) is 0. The average Bonchev–Trinajstić information content (AvgIpc) is 3.05. The lowest BCUT2D eigenvalue weighted by Gasteiger charge is -2.10. The molecule has 0 unspecified atom stereocenters. The van der Waals surface area contributed by atoms with Crippen LogP contribution in [0.4, 0.5) is 0 Å². The van der Waals surface area contributed by atoms with Gasteiger partial charge in [0.2, 0.25) is 0 Å². The predicted molar refractivity (Wildman–Crippen MR) is 96.1 cm³/mol. The second-order valence-corrected chi connectivity index (χ2v) is 6.25. The number of rotatable bonds is 2. The number of nitrogens with zero attached hydrogens (tertiary/aromatic N) is 2. The molecular formula is C20H16N2O3.